The number of halogens is 3. The first kappa shape index (κ1) is 29.3. The molecule has 0 aliphatic heterocycles. The van der Waals surface area contributed by atoms with Crippen molar-refractivity contribution in [2.75, 3.05) is 19.0 Å². The van der Waals surface area contributed by atoms with E-state index in [-0.39, 0.29) is 18.0 Å². The van der Waals surface area contributed by atoms with Gasteiger partial charge in [0, 0.05) is 28.7 Å². The molecule has 0 spiro atoms. The number of amides is 1. The lowest BCUT2D eigenvalue weighted by molar-refractivity contribution is -0.139. The predicted molar refractivity (Wildman–Crippen MR) is 160 cm³/mol. The molecule has 43 heavy (non-hydrogen) atoms. The second-order valence-electron chi connectivity index (χ2n) is 9.92. The molecule has 6 nitrogen and oxygen atoms in total. The maximum atomic E-state index is 13.9. The standard InChI is InChI=1S/C34H28F3N3O3/c1-43-30(41)21-39-33(42)24-15-13-23(14-16-24)20-38-28-11-5-9-26(19-28)31-27(17-22-7-3-2-4-8-22)18-25-10-6-12-29(32(25)40-31)34(35,36)37/h2-16,18-19,38H,17,20-21H2,1H3,(H,39,42). The molecule has 218 valence electrons. The van der Waals surface area contributed by atoms with E-state index in [4.69, 9.17) is 0 Å². The van der Waals surface area contributed by atoms with E-state index in [0.29, 0.717) is 35.2 Å². The van der Waals surface area contributed by atoms with Gasteiger partial charge in [0.2, 0.25) is 0 Å². The van der Waals surface area contributed by atoms with E-state index >= 15 is 0 Å². The number of rotatable bonds is 9. The smallest absolute Gasteiger partial charge is 0.418 e. The first-order chi connectivity index (χ1) is 20.7. The Morgan fingerprint density at radius 1 is 0.837 bits per heavy atom. The number of carbonyl (C=O) groups is 2. The van der Waals surface area contributed by atoms with Gasteiger partial charge in [-0.1, -0.05) is 66.7 Å². The van der Waals surface area contributed by atoms with Crippen molar-refractivity contribution < 1.29 is 27.5 Å². The maximum absolute atomic E-state index is 13.9. The Kier molecular flexibility index (Phi) is 8.71. The molecular weight excluding hydrogens is 555 g/mol. The molecule has 0 unspecified atom stereocenters. The highest BCUT2D eigenvalue weighted by Gasteiger charge is 2.33. The van der Waals surface area contributed by atoms with Crippen LogP contribution in [0.5, 0.6) is 0 Å². The topological polar surface area (TPSA) is 80.3 Å². The summed E-state index contributed by atoms with van der Waals surface area (Å²) < 4.78 is 46.2. The number of ether oxygens (including phenoxy) is 1. The van der Waals surface area contributed by atoms with Crippen LogP contribution in [0.4, 0.5) is 18.9 Å². The van der Waals surface area contributed by atoms with Crippen LogP contribution >= 0.6 is 0 Å². The van der Waals surface area contributed by atoms with Gasteiger partial charge in [0.15, 0.2) is 0 Å². The Morgan fingerprint density at radius 2 is 1.58 bits per heavy atom. The Labute approximate surface area is 246 Å². The molecule has 9 heteroatoms. The highest BCUT2D eigenvalue weighted by molar-refractivity contribution is 5.96. The summed E-state index contributed by atoms with van der Waals surface area (Å²) >= 11 is 0. The second-order valence-corrected chi connectivity index (χ2v) is 9.92. The largest absolute Gasteiger partial charge is 0.468 e. The Hall–Kier alpha value is -5.18. The van der Waals surface area contributed by atoms with Crippen molar-refractivity contribution in [3.63, 3.8) is 0 Å². The van der Waals surface area contributed by atoms with Gasteiger partial charge >= 0.3 is 12.1 Å². The summed E-state index contributed by atoms with van der Waals surface area (Å²) in [5.41, 5.74) is 4.22. The highest BCUT2D eigenvalue weighted by Crippen LogP contribution is 2.37. The van der Waals surface area contributed by atoms with Gasteiger partial charge in [-0.25, -0.2) is 4.98 Å². The zero-order chi connectivity index (χ0) is 30.4. The number of methoxy groups -OCH3 is 1. The molecule has 2 N–H and O–H groups in total. The molecule has 0 aliphatic carbocycles. The van der Waals surface area contributed by atoms with Crippen LogP contribution in [0.15, 0.2) is 103 Å². The number of nitrogens with one attached hydrogen (secondary N) is 2. The Morgan fingerprint density at radius 3 is 2.30 bits per heavy atom. The van der Waals surface area contributed by atoms with E-state index in [0.717, 1.165) is 28.4 Å². The number of alkyl halides is 3. The highest BCUT2D eigenvalue weighted by atomic mass is 19.4. The van der Waals surface area contributed by atoms with Crippen molar-refractivity contribution in [3.8, 4) is 11.3 Å². The number of pyridine rings is 1. The van der Waals surface area contributed by atoms with Crippen molar-refractivity contribution in [2.24, 2.45) is 0 Å². The van der Waals surface area contributed by atoms with Crippen LogP contribution in [-0.2, 0) is 28.7 Å². The molecular formula is C34H28F3N3O3. The molecule has 1 heterocycles. The number of esters is 1. The molecule has 4 aromatic carbocycles. The van der Waals surface area contributed by atoms with E-state index in [2.05, 4.69) is 20.4 Å². The quantitative estimate of drug-likeness (QED) is 0.182. The van der Waals surface area contributed by atoms with E-state index in [1.807, 2.05) is 54.6 Å². The monoisotopic (exact) mass is 583 g/mol. The molecule has 0 saturated carbocycles. The predicted octanol–water partition coefficient (Wildman–Crippen LogP) is 7.03. The van der Waals surface area contributed by atoms with Crippen LogP contribution in [0.2, 0.25) is 0 Å². The van der Waals surface area contributed by atoms with Gasteiger partial charge < -0.3 is 15.4 Å². The number of para-hydroxylation sites is 1. The van der Waals surface area contributed by atoms with Gasteiger partial charge in [-0.3, -0.25) is 9.59 Å². The third kappa shape index (κ3) is 7.19. The number of nitrogens with zero attached hydrogens (tertiary/aromatic N) is 1. The normalized spacial score (nSPS) is 11.3. The van der Waals surface area contributed by atoms with Crippen molar-refractivity contribution in [1.82, 2.24) is 10.3 Å². The molecule has 1 amide bonds. The van der Waals surface area contributed by atoms with Crippen molar-refractivity contribution in [2.45, 2.75) is 19.1 Å². The van der Waals surface area contributed by atoms with Crippen molar-refractivity contribution in [1.29, 1.82) is 0 Å². The SMILES string of the molecule is COC(=O)CNC(=O)c1ccc(CNc2cccc(-c3nc4c(C(F)(F)F)cccc4cc3Cc3ccccc3)c2)cc1. The first-order valence-electron chi connectivity index (χ1n) is 13.5. The fraction of sp³-hybridized carbons (Fsp3) is 0.147. The van der Waals surface area contributed by atoms with Crippen LogP contribution in [-0.4, -0.2) is 30.5 Å². The number of aromatic nitrogens is 1. The number of fused-ring (bicyclic) bond motifs is 1. The Bertz CT molecular complexity index is 1750. The van der Waals surface area contributed by atoms with E-state index in [9.17, 15) is 22.8 Å². The summed E-state index contributed by atoms with van der Waals surface area (Å²) in [7, 11) is 1.25. The molecule has 1 aromatic heterocycles. The second kappa shape index (κ2) is 12.8. The lowest BCUT2D eigenvalue weighted by Gasteiger charge is -2.16. The molecule has 0 aliphatic rings. The zero-order valence-electron chi connectivity index (χ0n) is 23.2. The molecule has 5 aromatic rings. The molecule has 0 saturated heterocycles. The minimum Gasteiger partial charge on any atom is -0.468 e. The fourth-order valence-electron chi connectivity index (χ4n) is 4.75. The zero-order valence-corrected chi connectivity index (χ0v) is 23.2. The van der Waals surface area contributed by atoms with E-state index in [1.54, 1.807) is 36.4 Å². The van der Waals surface area contributed by atoms with Crippen LogP contribution in [0.1, 0.15) is 32.6 Å². The summed E-state index contributed by atoms with van der Waals surface area (Å²) in [6.45, 7) is 0.222. The van der Waals surface area contributed by atoms with Crippen LogP contribution < -0.4 is 10.6 Å². The summed E-state index contributed by atoms with van der Waals surface area (Å²) in [6.07, 6.45) is -4.03. The Balaban J connectivity index is 1.41. The number of carbonyl (C=O) groups excluding carboxylic acids is 2. The average molecular weight is 584 g/mol. The van der Waals surface area contributed by atoms with Crippen molar-refractivity contribution in [3.05, 3.63) is 131 Å². The molecule has 5 rings (SSSR count). The number of anilines is 1. The third-order valence-electron chi connectivity index (χ3n) is 6.94. The van der Waals surface area contributed by atoms with Gasteiger partial charge in [0.25, 0.3) is 5.91 Å². The third-order valence-corrected chi connectivity index (χ3v) is 6.94. The number of benzene rings is 4. The van der Waals surface area contributed by atoms with Gasteiger partial charge in [0.1, 0.15) is 6.54 Å². The summed E-state index contributed by atoms with van der Waals surface area (Å²) in [5.74, 6) is -0.927. The lowest BCUT2D eigenvalue weighted by atomic mass is 9.96. The summed E-state index contributed by atoms with van der Waals surface area (Å²) in [4.78, 5) is 28.1. The summed E-state index contributed by atoms with van der Waals surface area (Å²) in [5, 5.41) is 6.27. The van der Waals surface area contributed by atoms with Gasteiger partial charge in [-0.05, 0) is 59.5 Å². The number of hydrogen-bond donors (Lipinski definition) is 2. The molecule has 0 bridgehead atoms. The summed E-state index contributed by atoms with van der Waals surface area (Å²) in [6, 6.07) is 30.0. The van der Waals surface area contributed by atoms with Gasteiger partial charge in [-0.2, -0.15) is 13.2 Å². The fourth-order valence-corrected chi connectivity index (χ4v) is 4.75. The van der Waals surface area contributed by atoms with Crippen molar-refractivity contribution >= 4 is 28.5 Å². The van der Waals surface area contributed by atoms with E-state index in [1.165, 1.54) is 13.2 Å². The maximum Gasteiger partial charge on any atom is 0.418 e. The average Bonchev–Trinajstić information content (AvgIpc) is 3.02. The van der Waals surface area contributed by atoms with Gasteiger partial charge in [0.05, 0.1) is 23.9 Å². The first-order valence-corrected chi connectivity index (χ1v) is 13.5. The molecule has 0 radical (unpaired) electrons. The van der Waals surface area contributed by atoms with Gasteiger partial charge in [-0.15, -0.1) is 0 Å². The number of hydrogen-bond acceptors (Lipinski definition) is 5. The van der Waals surface area contributed by atoms with Crippen LogP contribution in [0.25, 0.3) is 22.2 Å². The van der Waals surface area contributed by atoms with Crippen LogP contribution in [0.3, 0.4) is 0 Å². The minimum absolute atomic E-state index is 0.0871. The minimum atomic E-state index is -4.54. The lowest BCUT2D eigenvalue weighted by Crippen LogP contribution is -2.30. The molecule has 0 fully saturated rings. The van der Waals surface area contributed by atoms with Crippen LogP contribution in [0, 0.1) is 0 Å². The van der Waals surface area contributed by atoms with E-state index < -0.39 is 17.7 Å². The molecule has 0 atom stereocenters.